The van der Waals surface area contributed by atoms with E-state index in [1.807, 2.05) is 0 Å². The predicted octanol–water partition coefficient (Wildman–Crippen LogP) is 3.23. The minimum absolute atomic E-state index is 0.0510. The number of nitrogens with one attached hydrogen (secondary N) is 1. The van der Waals surface area contributed by atoms with E-state index in [-0.39, 0.29) is 13.0 Å². The van der Waals surface area contributed by atoms with Crippen LogP contribution in [-0.4, -0.2) is 27.6 Å². The van der Waals surface area contributed by atoms with Crippen LogP contribution in [0.25, 0.3) is 0 Å². The largest absolute Gasteiger partial charge is 0.465 e. The van der Waals surface area contributed by atoms with Gasteiger partial charge in [-0.25, -0.2) is 8.93 Å². The Hall–Kier alpha value is -1.41. The average molecular weight is 365 g/mol. The Kier molecular flexibility index (Phi) is 6.97. The van der Waals surface area contributed by atoms with E-state index in [0.717, 1.165) is 12.1 Å². The normalized spacial score (nSPS) is 15.0. The predicted molar refractivity (Wildman–Crippen MR) is 86.6 cm³/mol. The SMILES string of the molecule is CCOC(=O)C(Cc1cccc(C(F)(F)F)c1)N[S@@](=O)C(C)(C)C. The molecule has 4 nitrogen and oxygen atoms in total. The van der Waals surface area contributed by atoms with E-state index in [1.165, 1.54) is 12.1 Å². The highest BCUT2D eigenvalue weighted by atomic mass is 32.2. The maximum absolute atomic E-state index is 12.8. The van der Waals surface area contributed by atoms with Crippen LogP contribution in [-0.2, 0) is 33.1 Å². The highest BCUT2D eigenvalue weighted by molar-refractivity contribution is 7.84. The number of halogens is 3. The van der Waals surface area contributed by atoms with Gasteiger partial charge in [0, 0.05) is 0 Å². The maximum Gasteiger partial charge on any atom is 0.416 e. The summed E-state index contributed by atoms with van der Waals surface area (Å²) in [7, 11) is -1.56. The van der Waals surface area contributed by atoms with E-state index in [1.54, 1.807) is 27.7 Å². The summed E-state index contributed by atoms with van der Waals surface area (Å²) in [5.41, 5.74) is -0.485. The zero-order chi connectivity index (χ0) is 18.5. The van der Waals surface area contributed by atoms with Crippen LogP contribution < -0.4 is 4.72 Å². The Balaban J connectivity index is 3.01. The highest BCUT2D eigenvalue weighted by Crippen LogP contribution is 2.29. The lowest BCUT2D eigenvalue weighted by atomic mass is 10.0. The summed E-state index contributed by atoms with van der Waals surface area (Å²) in [5, 5.41) is 0. The summed E-state index contributed by atoms with van der Waals surface area (Å²) in [4.78, 5) is 12.1. The molecule has 1 aromatic carbocycles. The summed E-state index contributed by atoms with van der Waals surface area (Å²) in [6.45, 7) is 6.93. The van der Waals surface area contributed by atoms with Crippen molar-refractivity contribution < 1.29 is 26.9 Å². The standard InChI is InChI=1S/C16H22F3NO3S/c1-5-23-14(21)13(20-24(22)15(2,3)4)10-11-7-6-8-12(9-11)16(17,18)19/h6-9,13,20H,5,10H2,1-4H3/t13?,24-/m0/s1. The molecule has 1 aromatic rings. The van der Waals surface area contributed by atoms with Gasteiger partial charge in [-0.15, -0.1) is 0 Å². The molecule has 0 aliphatic heterocycles. The summed E-state index contributed by atoms with van der Waals surface area (Å²) in [5.74, 6) is -0.646. The lowest BCUT2D eigenvalue weighted by Crippen LogP contribution is -2.45. The number of carbonyl (C=O) groups is 1. The molecule has 136 valence electrons. The van der Waals surface area contributed by atoms with Gasteiger partial charge in [-0.1, -0.05) is 18.2 Å². The number of rotatable bonds is 6. The molecule has 0 bridgehead atoms. The van der Waals surface area contributed by atoms with Crippen molar-refractivity contribution in [1.82, 2.24) is 4.72 Å². The second kappa shape index (κ2) is 8.11. The molecule has 0 amide bonds. The van der Waals surface area contributed by atoms with Crippen LogP contribution in [0, 0.1) is 0 Å². The third kappa shape index (κ3) is 6.24. The number of hydrogen-bond acceptors (Lipinski definition) is 3. The lowest BCUT2D eigenvalue weighted by molar-refractivity contribution is -0.145. The highest BCUT2D eigenvalue weighted by Gasteiger charge is 2.32. The zero-order valence-electron chi connectivity index (χ0n) is 14.1. The van der Waals surface area contributed by atoms with Gasteiger partial charge < -0.3 is 4.74 Å². The molecule has 0 fully saturated rings. The number of hydrogen-bond donors (Lipinski definition) is 1. The van der Waals surface area contributed by atoms with E-state index in [9.17, 15) is 22.2 Å². The third-order valence-electron chi connectivity index (χ3n) is 3.07. The Morgan fingerprint density at radius 3 is 2.42 bits per heavy atom. The molecule has 0 radical (unpaired) electrons. The molecule has 0 saturated heterocycles. The smallest absolute Gasteiger partial charge is 0.416 e. The van der Waals surface area contributed by atoms with Crippen molar-refractivity contribution in [2.75, 3.05) is 6.61 Å². The molecule has 8 heteroatoms. The number of benzene rings is 1. The summed E-state index contributed by atoms with van der Waals surface area (Å²) in [6, 6.07) is 3.72. The van der Waals surface area contributed by atoms with Gasteiger partial charge in [0.25, 0.3) is 0 Å². The monoisotopic (exact) mass is 365 g/mol. The molecule has 0 saturated carbocycles. The fourth-order valence-electron chi connectivity index (χ4n) is 1.83. The Morgan fingerprint density at radius 1 is 1.29 bits per heavy atom. The molecular formula is C16H22F3NO3S. The van der Waals surface area contributed by atoms with E-state index in [2.05, 4.69) is 4.72 Å². The molecule has 0 heterocycles. The molecule has 1 unspecified atom stereocenters. The van der Waals surface area contributed by atoms with Gasteiger partial charge in [0.2, 0.25) is 0 Å². The molecule has 2 atom stereocenters. The molecule has 1 rings (SSSR count). The van der Waals surface area contributed by atoms with Gasteiger partial charge in [-0.3, -0.25) is 4.79 Å². The first kappa shape index (κ1) is 20.6. The maximum atomic E-state index is 12.8. The topological polar surface area (TPSA) is 55.4 Å². The number of esters is 1. The first-order valence-electron chi connectivity index (χ1n) is 7.46. The second-order valence-corrected chi connectivity index (χ2v) is 8.20. The quantitative estimate of drug-likeness (QED) is 0.788. The molecule has 0 aromatic heterocycles. The zero-order valence-corrected chi connectivity index (χ0v) is 14.9. The summed E-state index contributed by atoms with van der Waals surface area (Å²) in [6.07, 6.45) is -4.51. The van der Waals surface area contributed by atoms with Crippen LogP contribution in [0.4, 0.5) is 13.2 Å². The molecule has 24 heavy (non-hydrogen) atoms. The van der Waals surface area contributed by atoms with Gasteiger partial charge in [0.05, 0.1) is 27.9 Å². The van der Waals surface area contributed by atoms with E-state index < -0.39 is 39.5 Å². The molecule has 0 spiro atoms. The van der Waals surface area contributed by atoms with Crippen molar-refractivity contribution in [3.8, 4) is 0 Å². The van der Waals surface area contributed by atoms with Crippen molar-refractivity contribution in [2.45, 2.75) is 51.1 Å². The molecular weight excluding hydrogens is 343 g/mol. The molecule has 0 aliphatic carbocycles. The van der Waals surface area contributed by atoms with Crippen LogP contribution in [0.2, 0.25) is 0 Å². The van der Waals surface area contributed by atoms with Crippen molar-refractivity contribution in [1.29, 1.82) is 0 Å². The van der Waals surface area contributed by atoms with Gasteiger partial charge in [-0.05, 0) is 45.7 Å². The van der Waals surface area contributed by atoms with Crippen LogP contribution in [0.1, 0.15) is 38.8 Å². The first-order chi connectivity index (χ1) is 10.9. The van der Waals surface area contributed by atoms with Crippen LogP contribution in [0.3, 0.4) is 0 Å². The van der Waals surface area contributed by atoms with E-state index in [4.69, 9.17) is 4.74 Å². The van der Waals surface area contributed by atoms with E-state index >= 15 is 0 Å². The Bertz CT molecular complexity index is 597. The van der Waals surface area contributed by atoms with Gasteiger partial charge >= 0.3 is 12.1 Å². The van der Waals surface area contributed by atoms with Crippen molar-refractivity contribution >= 4 is 17.0 Å². The summed E-state index contributed by atoms with van der Waals surface area (Å²) < 4.78 is 57.6. The minimum atomic E-state index is -4.46. The third-order valence-corrected chi connectivity index (χ3v) is 4.68. The van der Waals surface area contributed by atoms with Crippen molar-refractivity contribution in [3.05, 3.63) is 35.4 Å². The fraction of sp³-hybridized carbons (Fsp3) is 0.562. The molecule has 0 aliphatic rings. The lowest BCUT2D eigenvalue weighted by Gasteiger charge is -2.23. The fourth-order valence-corrected chi connectivity index (χ4v) is 2.62. The van der Waals surface area contributed by atoms with Gasteiger partial charge in [-0.2, -0.15) is 13.2 Å². The number of ether oxygens (including phenoxy) is 1. The van der Waals surface area contributed by atoms with Crippen LogP contribution >= 0.6 is 0 Å². The van der Waals surface area contributed by atoms with Gasteiger partial charge in [0.1, 0.15) is 6.04 Å². The Morgan fingerprint density at radius 2 is 1.92 bits per heavy atom. The van der Waals surface area contributed by atoms with Crippen LogP contribution in [0.15, 0.2) is 24.3 Å². The molecule has 1 N–H and O–H groups in total. The second-order valence-electron chi connectivity index (χ2n) is 6.21. The number of carbonyl (C=O) groups excluding carboxylic acids is 1. The van der Waals surface area contributed by atoms with Crippen LogP contribution in [0.5, 0.6) is 0 Å². The van der Waals surface area contributed by atoms with Gasteiger partial charge in [0.15, 0.2) is 0 Å². The Labute approximate surface area is 142 Å². The van der Waals surface area contributed by atoms with Crippen molar-refractivity contribution in [3.63, 3.8) is 0 Å². The van der Waals surface area contributed by atoms with Crippen molar-refractivity contribution in [2.24, 2.45) is 0 Å². The first-order valence-corrected chi connectivity index (χ1v) is 8.61. The van der Waals surface area contributed by atoms with E-state index in [0.29, 0.717) is 5.56 Å². The average Bonchev–Trinajstić information content (AvgIpc) is 2.45. The number of alkyl halides is 3. The summed E-state index contributed by atoms with van der Waals surface area (Å²) >= 11 is 0. The minimum Gasteiger partial charge on any atom is -0.465 e.